The van der Waals surface area contributed by atoms with Crippen molar-refractivity contribution in [2.24, 2.45) is 71.9 Å². The molecule has 4 aliphatic rings. The van der Waals surface area contributed by atoms with Crippen molar-refractivity contribution >= 4 is 37.3 Å². The number of benzene rings is 3. The first-order chi connectivity index (χ1) is 49.6. The Kier molecular flexibility index (Phi) is 20.1. The Balaban J connectivity index is 0.000000132. The average Bonchev–Trinajstić information content (AvgIpc) is 1.62. The minimum atomic E-state index is -3.17. The second-order valence-corrected chi connectivity index (χ2v) is 32.2. The van der Waals surface area contributed by atoms with E-state index in [2.05, 4.69) is 86.8 Å². The Labute approximate surface area is 600 Å². The minimum absolute atomic E-state index is 0.207. The van der Waals surface area contributed by atoms with Crippen LogP contribution < -0.4 is 16.0 Å². The van der Waals surface area contributed by atoms with Gasteiger partial charge >= 0.3 is 0 Å². The lowest BCUT2D eigenvalue weighted by molar-refractivity contribution is 0.127. The molecular weight excluding hydrogens is 1340 g/mol. The maximum Gasteiger partial charge on any atom is 0.211 e. The molecule has 0 radical (unpaired) electrons. The van der Waals surface area contributed by atoms with Crippen LogP contribution in [0.3, 0.4) is 0 Å². The first-order valence-corrected chi connectivity index (χ1v) is 38.8. The third kappa shape index (κ3) is 17.0. The van der Waals surface area contributed by atoms with Crippen molar-refractivity contribution in [3.63, 3.8) is 0 Å². The van der Waals surface area contributed by atoms with Crippen LogP contribution >= 0.6 is 0 Å². The molecule has 3 unspecified atom stereocenters. The maximum atomic E-state index is 12.0. The van der Waals surface area contributed by atoms with E-state index < -0.39 is 19.9 Å². The van der Waals surface area contributed by atoms with E-state index in [9.17, 15) is 16.8 Å². The molecule has 12 aromatic rings. The summed E-state index contributed by atoms with van der Waals surface area (Å²) in [5, 5.41) is 36.7. The fourth-order valence-electron chi connectivity index (χ4n) is 14.4. The Morgan fingerprint density at radius 3 is 1.12 bits per heavy atom. The van der Waals surface area contributed by atoms with E-state index in [0.717, 1.165) is 140 Å². The van der Waals surface area contributed by atoms with E-state index in [1.807, 2.05) is 172 Å². The number of fused-ring (bicyclic) bond motifs is 2. The molecule has 3 saturated carbocycles. The molecule has 10 heterocycles. The molecule has 9 aromatic heterocycles. The predicted octanol–water partition coefficient (Wildman–Crippen LogP) is 11.0. The van der Waals surface area contributed by atoms with Crippen molar-refractivity contribution in [2.45, 2.75) is 57.4 Å². The molecular formula is C75H86N22O4S2. The quantitative estimate of drug-likeness (QED) is 0.0639. The fraction of sp³-hybridized carbons (Fsp3) is 0.360. The summed E-state index contributed by atoms with van der Waals surface area (Å²) in [7, 11) is 5.26. The van der Waals surface area contributed by atoms with E-state index in [1.165, 1.54) is 36.1 Å². The third-order valence-corrected chi connectivity index (χ3v) is 22.0. The van der Waals surface area contributed by atoms with Crippen LogP contribution in [-0.2, 0) is 62.1 Å². The molecule has 3 aromatic carbocycles. The van der Waals surface area contributed by atoms with Gasteiger partial charge in [-0.1, -0.05) is 61.0 Å². The molecule has 0 spiro atoms. The van der Waals surface area contributed by atoms with Gasteiger partial charge in [0, 0.05) is 203 Å². The predicted molar refractivity (Wildman–Crippen MR) is 401 cm³/mol. The van der Waals surface area contributed by atoms with Gasteiger partial charge in [-0.15, -0.1) is 0 Å². The Hall–Kier alpha value is -10.6. The molecule has 1 saturated heterocycles. The summed E-state index contributed by atoms with van der Waals surface area (Å²) in [6, 6.07) is 24.8. The summed E-state index contributed by atoms with van der Waals surface area (Å²) in [5.74, 6) is 6.70. The first-order valence-electron chi connectivity index (χ1n) is 34.9. The zero-order valence-corrected chi connectivity index (χ0v) is 60.8. The van der Waals surface area contributed by atoms with Gasteiger partial charge in [0.05, 0.1) is 49.2 Å². The molecule has 532 valence electrons. The van der Waals surface area contributed by atoms with Gasteiger partial charge in [-0.3, -0.25) is 28.1 Å². The molecule has 4 fully saturated rings. The summed E-state index contributed by atoms with van der Waals surface area (Å²) in [4.78, 5) is 29.0. The van der Waals surface area contributed by atoms with E-state index >= 15 is 0 Å². The zero-order chi connectivity index (χ0) is 71.5. The van der Waals surface area contributed by atoms with Gasteiger partial charge in [0.15, 0.2) is 17.5 Å². The highest BCUT2D eigenvalue weighted by atomic mass is 32.2. The highest BCUT2D eigenvalue weighted by Gasteiger charge is 2.42. The van der Waals surface area contributed by atoms with Gasteiger partial charge < -0.3 is 16.0 Å². The largest absolute Gasteiger partial charge is 0.369 e. The SMILES string of the molecule is Cn1cc(-c2cccc(-c3ncc(-c4cnn(C)c4)c(NC4C5CCCC4CC(CS(C)(=O)=O)C5)n3)c2)cn1.Cn1cc(-c2cccc(-c3ncc(-c4cnn(C)c4)c(NCC4CC4)n3)c2)cn1.Cn1cc(-c2cccc(-c3ncc(-c4cnn(C)c4)c(NCC4CCN(S(C)(=O)=O)C4)n3)c2)cn1. The smallest absolute Gasteiger partial charge is 0.211 e. The topological polar surface area (TPSA) is 292 Å². The van der Waals surface area contributed by atoms with Crippen LogP contribution in [0.4, 0.5) is 17.5 Å². The van der Waals surface area contributed by atoms with E-state index in [4.69, 9.17) is 19.9 Å². The third-order valence-electron chi connectivity index (χ3n) is 19.7. The minimum Gasteiger partial charge on any atom is -0.369 e. The zero-order valence-electron chi connectivity index (χ0n) is 59.2. The molecule has 103 heavy (non-hydrogen) atoms. The van der Waals surface area contributed by atoms with Crippen molar-refractivity contribution in [3.05, 3.63) is 166 Å². The number of aromatic nitrogens is 18. The lowest BCUT2D eigenvalue weighted by Gasteiger charge is -2.46. The molecule has 1 aliphatic heterocycles. The van der Waals surface area contributed by atoms with Crippen molar-refractivity contribution in [2.75, 3.05) is 60.4 Å². The fourth-order valence-corrected chi connectivity index (χ4v) is 16.4. The summed E-state index contributed by atoms with van der Waals surface area (Å²) in [6.45, 7) is 2.63. The summed E-state index contributed by atoms with van der Waals surface area (Å²) in [6.07, 6.45) is 39.8. The number of nitrogens with zero attached hydrogens (tertiary/aromatic N) is 19. The number of sulfonamides is 1. The second-order valence-electron chi connectivity index (χ2n) is 28.1. The van der Waals surface area contributed by atoms with Crippen LogP contribution in [-0.4, -0.2) is 160 Å². The van der Waals surface area contributed by atoms with Gasteiger partial charge in [0.1, 0.15) is 27.3 Å². The number of hydrogen-bond donors (Lipinski definition) is 3. The monoisotopic (exact) mass is 1420 g/mol. The van der Waals surface area contributed by atoms with Crippen LogP contribution in [0.25, 0.3) is 101 Å². The normalized spacial score (nSPS) is 18.2. The molecule has 26 nitrogen and oxygen atoms in total. The number of sulfone groups is 1. The van der Waals surface area contributed by atoms with Crippen LogP contribution in [0.5, 0.6) is 0 Å². The Bertz CT molecular complexity index is 5210. The number of aryl methyl sites for hydroxylation is 6. The molecule has 28 heteroatoms. The molecule has 2 bridgehead atoms. The highest BCUT2D eigenvalue weighted by molar-refractivity contribution is 7.90. The van der Waals surface area contributed by atoms with Crippen molar-refractivity contribution in [1.29, 1.82) is 0 Å². The number of nitrogens with one attached hydrogen (secondary N) is 3. The Morgan fingerprint density at radius 1 is 0.408 bits per heavy atom. The van der Waals surface area contributed by atoms with Gasteiger partial charge in [-0.25, -0.2) is 51.0 Å². The van der Waals surface area contributed by atoms with Crippen molar-refractivity contribution in [3.8, 4) is 101 Å². The van der Waals surface area contributed by atoms with Gasteiger partial charge in [0.2, 0.25) is 10.0 Å². The van der Waals surface area contributed by atoms with Crippen LogP contribution in [0.15, 0.2) is 166 Å². The molecule has 16 rings (SSSR count). The lowest BCUT2D eigenvalue weighted by Crippen LogP contribution is -2.46. The highest BCUT2D eigenvalue weighted by Crippen LogP contribution is 2.46. The van der Waals surface area contributed by atoms with Gasteiger partial charge in [0.25, 0.3) is 0 Å². The Morgan fingerprint density at radius 2 is 0.767 bits per heavy atom. The summed E-state index contributed by atoms with van der Waals surface area (Å²) < 4.78 is 60.1. The average molecular weight is 1420 g/mol. The summed E-state index contributed by atoms with van der Waals surface area (Å²) >= 11 is 0. The first kappa shape index (κ1) is 69.5. The number of rotatable bonds is 20. The molecule has 3 N–H and O–H groups in total. The lowest BCUT2D eigenvalue weighted by atomic mass is 9.65. The van der Waals surface area contributed by atoms with Crippen LogP contribution in [0.1, 0.15) is 51.4 Å². The van der Waals surface area contributed by atoms with Crippen LogP contribution in [0.2, 0.25) is 0 Å². The number of hydrogen-bond acceptors (Lipinski definition) is 19. The van der Waals surface area contributed by atoms with Crippen molar-refractivity contribution < 1.29 is 16.8 Å². The summed E-state index contributed by atoms with van der Waals surface area (Å²) in [5.41, 5.74) is 14.8. The molecule has 3 aliphatic carbocycles. The standard InChI is InChI=1S/C29H35N7O2S.C24H28N8O2S.C22H23N7/c1-35-16-24(13-31-35)20-6-4-9-23(12-20)28-30-15-26(25-14-32-36(2)17-25)29(34-28)33-27-21-7-5-8-22(27)11-19(10-21)18-39(3,37)38;1-30-15-20(11-27-30)18-5-4-6-19(9-18)23-26-13-22(21-12-28-31(2)16-21)24(29-23)25-10-17-7-8-32(14-17)35(3,33)34;1-28-13-18(10-25-28)16-4-3-5-17(8-16)21-24-12-20(19-11-26-29(2)14-19)22(27-21)23-9-15-6-7-15/h4,6,9,12-17,19,21-22,27H,5,7-8,10-11,18H2,1-3H3,(H,30,33,34);4-6,9,11-13,15-17H,7-8,10,14H2,1-3H3,(H,25,26,29);3-5,8,10-15H,6-7,9H2,1-2H3,(H,23,24,27). The van der Waals surface area contributed by atoms with Crippen LogP contribution in [0, 0.1) is 29.6 Å². The van der Waals surface area contributed by atoms with E-state index in [0.29, 0.717) is 60.5 Å². The van der Waals surface area contributed by atoms with Gasteiger partial charge in [-0.2, -0.15) is 30.6 Å². The maximum absolute atomic E-state index is 12.0. The van der Waals surface area contributed by atoms with Gasteiger partial charge in [-0.05, 0) is 109 Å². The van der Waals surface area contributed by atoms with E-state index in [-0.39, 0.29) is 17.9 Å². The van der Waals surface area contributed by atoms with E-state index in [1.54, 1.807) is 34.3 Å². The molecule has 3 atom stereocenters. The van der Waals surface area contributed by atoms with Crippen molar-refractivity contribution in [1.82, 2.24) is 92.9 Å². The molecule has 0 amide bonds. The second kappa shape index (κ2) is 29.8. The number of anilines is 3.